The molecule has 0 aromatic heterocycles. The average Bonchev–Trinajstić information content (AvgIpc) is 2.93. The molecule has 1 N–H and O–H groups in total. The molecule has 0 atom stereocenters. The highest BCUT2D eigenvalue weighted by Crippen LogP contribution is 2.11. The lowest BCUT2D eigenvalue weighted by molar-refractivity contribution is 0.131. The first kappa shape index (κ1) is 37.4. The Morgan fingerprint density at radius 1 is 0.368 bits per heavy atom. The maximum Gasteiger partial charge on any atom is 0.0590 e. The molecule has 0 bridgehead atoms. The van der Waals surface area contributed by atoms with E-state index in [1.807, 2.05) is 0 Å². The molecule has 0 aliphatic rings. The minimum absolute atomic E-state index is 0.872. The van der Waals surface area contributed by atoms with Crippen molar-refractivity contribution in [3.63, 3.8) is 0 Å². The summed E-state index contributed by atoms with van der Waals surface area (Å²) in [5.74, 6) is 0. The molecule has 0 amide bonds. The number of hydrogen-bond donors (Lipinski definition) is 1. The Bertz CT molecular complexity index is 458. The smallest absolute Gasteiger partial charge is 0.0590 e. The lowest BCUT2D eigenvalue weighted by Crippen LogP contribution is -2.21. The molecule has 226 valence electrons. The summed E-state index contributed by atoms with van der Waals surface area (Å²) in [5.41, 5.74) is 0. The van der Waals surface area contributed by atoms with Gasteiger partial charge in [0.25, 0.3) is 0 Å². The number of hydrogen-bond acceptors (Lipinski definition) is 2. The zero-order valence-corrected chi connectivity index (χ0v) is 26.4. The number of allylic oxidation sites excluding steroid dienone is 4. The Kier molecular flexibility index (Phi) is 35.8. The van der Waals surface area contributed by atoms with E-state index in [9.17, 15) is 0 Å². The van der Waals surface area contributed by atoms with E-state index >= 15 is 0 Å². The summed E-state index contributed by atoms with van der Waals surface area (Å²) in [5, 5.41) is 3.55. The number of nitrogens with one attached hydrogen (secondary N) is 1. The monoisotopic (exact) mass is 534 g/mol. The summed E-state index contributed by atoms with van der Waals surface area (Å²) < 4.78 is 5.80. The van der Waals surface area contributed by atoms with E-state index in [0.29, 0.717) is 0 Å². The van der Waals surface area contributed by atoms with Gasteiger partial charge in [0.1, 0.15) is 0 Å². The lowest BCUT2D eigenvalue weighted by atomic mass is 10.1. The minimum atomic E-state index is 0.872. The van der Waals surface area contributed by atoms with E-state index in [2.05, 4.69) is 43.5 Å². The van der Waals surface area contributed by atoms with Crippen molar-refractivity contribution in [2.75, 3.05) is 26.3 Å². The van der Waals surface area contributed by atoms with Crippen molar-refractivity contribution in [2.24, 2.45) is 0 Å². The van der Waals surface area contributed by atoms with Crippen molar-refractivity contribution in [3.8, 4) is 0 Å². The summed E-state index contributed by atoms with van der Waals surface area (Å²) in [6.07, 6.45) is 45.1. The van der Waals surface area contributed by atoms with Gasteiger partial charge in [0.05, 0.1) is 6.61 Å². The molecule has 0 aromatic rings. The van der Waals surface area contributed by atoms with Crippen molar-refractivity contribution < 1.29 is 4.74 Å². The molecule has 0 saturated carbocycles. The van der Waals surface area contributed by atoms with Gasteiger partial charge in [-0.25, -0.2) is 0 Å². The summed E-state index contributed by atoms with van der Waals surface area (Å²) in [6.45, 7) is 8.55. The highest BCUT2D eigenvalue weighted by molar-refractivity contribution is 4.82. The van der Waals surface area contributed by atoms with Crippen LogP contribution in [0.2, 0.25) is 0 Å². The SMILES string of the molecule is CCCCCC/C=C\CCCCCCCCNCCOCCCCCCCC/C=C\CCCCCCCC. The molecule has 0 rings (SSSR count). The van der Waals surface area contributed by atoms with E-state index in [4.69, 9.17) is 4.74 Å². The van der Waals surface area contributed by atoms with Gasteiger partial charge in [-0.15, -0.1) is 0 Å². The maximum absolute atomic E-state index is 5.80. The molecule has 0 aromatic carbocycles. The Balaban J connectivity index is 3.08. The molecule has 0 saturated heterocycles. The third-order valence-corrected chi connectivity index (χ3v) is 7.59. The Morgan fingerprint density at radius 3 is 1.21 bits per heavy atom. The van der Waals surface area contributed by atoms with Gasteiger partial charge in [-0.2, -0.15) is 0 Å². The molecule has 0 spiro atoms. The predicted molar refractivity (Wildman–Crippen MR) is 173 cm³/mol. The van der Waals surface area contributed by atoms with E-state index in [0.717, 1.165) is 26.3 Å². The Hall–Kier alpha value is -0.600. The molecule has 0 fully saturated rings. The average molecular weight is 534 g/mol. The molecular weight excluding hydrogens is 462 g/mol. The van der Waals surface area contributed by atoms with E-state index in [1.165, 1.54) is 167 Å². The van der Waals surface area contributed by atoms with Gasteiger partial charge in [0.15, 0.2) is 0 Å². The Morgan fingerprint density at radius 2 is 0.737 bits per heavy atom. The van der Waals surface area contributed by atoms with Crippen molar-refractivity contribution in [3.05, 3.63) is 24.3 Å². The summed E-state index contributed by atoms with van der Waals surface area (Å²) in [7, 11) is 0. The van der Waals surface area contributed by atoms with Crippen LogP contribution in [0.4, 0.5) is 0 Å². The minimum Gasteiger partial charge on any atom is -0.380 e. The molecule has 0 aliphatic carbocycles. The van der Waals surface area contributed by atoms with Crippen LogP contribution in [0.15, 0.2) is 24.3 Å². The van der Waals surface area contributed by atoms with Crippen LogP contribution in [0.1, 0.15) is 181 Å². The molecule has 0 radical (unpaired) electrons. The van der Waals surface area contributed by atoms with Gasteiger partial charge in [0, 0.05) is 13.2 Å². The first-order valence-electron chi connectivity index (χ1n) is 17.5. The highest BCUT2D eigenvalue weighted by Gasteiger charge is 1.95. The van der Waals surface area contributed by atoms with E-state index < -0.39 is 0 Å². The van der Waals surface area contributed by atoms with Crippen molar-refractivity contribution in [1.29, 1.82) is 0 Å². The second-order valence-electron chi connectivity index (χ2n) is 11.5. The van der Waals surface area contributed by atoms with Crippen molar-refractivity contribution in [2.45, 2.75) is 181 Å². The molecular formula is C36H71NO. The van der Waals surface area contributed by atoms with Crippen molar-refractivity contribution >= 4 is 0 Å². The van der Waals surface area contributed by atoms with Gasteiger partial charge >= 0.3 is 0 Å². The Labute approximate surface area is 241 Å². The van der Waals surface area contributed by atoms with E-state index in [-0.39, 0.29) is 0 Å². The van der Waals surface area contributed by atoms with Gasteiger partial charge in [0.2, 0.25) is 0 Å². The van der Waals surface area contributed by atoms with Crippen molar-refractivity contribution in [1.82, 2.24) is 5.32 Å². The third kappa shape index (κ3) is 35.4. The zero-order valence-electron chi connectivity index (χ0n) is 26.4. The largest absolute Gasteiger partial charge is 0.380 e. The van der Waals surface area contributed by atoms with Crippen LogP contribution in [0.25, 0.3) is 0 Å². The van der Waals surface area contributed by atoms with Crippen LogP contribution in [0.5, 0.6) is 0 Å². The van der Waals surface area contributed by atoms with Crippen LogP contribution in [0, 0.1) is 0 Å². The molecule has 2 nitrogen and oxygen atoms in total. The number of rotatable bonds is 33. The maximum atomic E-state index is 5.80. The van der Waals surface area contributed by atoms with Crippen LogP contribution in [-0.4, -0.2) is 26.3 Å². The first-order chi connectivity index (χ1) is 18.9. The van der Waals surface area contributed by atoms with Crippen LogP contribution in [-0.2, 0) is 4.74 Å². The van der Waals surface area contributed by atoms with Gasteiger partial charge in [-0.1, -0.05) is 141 Å². The summed E-state index contributed by atoms with van der Waals surface area (Å²) >= 11 is 0. The lowest BCUT2D eigenvalue weighted by Gasteiger charge is -2.06. The highest BCUT2D eigenvalue weighted by atomic mass is 16.5. The fraction of sp³-hybridized carbons (Fsp3) is 0.889. The summed E-state index contributed by atoms with van der Waals surface area (Å²) in [6, 6.07) is 0. The van der Waals surface area contributed by atoms with Gasteiger partial charge in [-0.05, 0) is 70.8 Å². The summed E-state index contributed by atoms with van der Waals surface area (Å²) in [4.78, 5) is 0. The molecule has 0 heterocycles. The van der Waals surface area contributed by atoms with Gasteiger partial charge < -0.3 is 10.1 Å². The molecule has 38 heavy (non-hydrogen) atoms. The fourth-order valence-corrected chi connectivity index (χ4v) is 4.97. The second kappa shape index (κ2) is 36.4. The van der Waals surface area contributed by atoms with Crippen LogP contribution < -0.4 is 5.32 Å². The van der Waals surface area contributed by atoms with E-state index in [1.54, 1.807) is 0 Å². The topological polar surface area (TPSA) is 21.3 Å². The third-order valence-electron chi connectivity index (χ3n) is 7.59. The number of unbranched alkanes of at least 4 members (excludes halogenated alkanes) is 22. The fourth-order valence-electron chi connectivity index (χ4n) is 4.97. The first-order valence-corrected chi connectivity index (χ1v) is 17.5. The zero-order chi connectivity index (χ0) is 27.5. The van der Waals surface area contributed by atoms with Crippen LogP contribution >= 0.6 is 0 Å². The quantitative estimate of drug-likeness (QED) is 0.0669. The van der Waals surface area contributed by atoms with Gasteiger partial charge in [-0.3, -0.25) is 0 Å². The second-order valence-corrected chi connectivity index (χ2v) is 11.5. The molecule has 0 unspecified atom stereocenters. The number of ether oxygens (including phenoxy) is 1. The standard InChI is InChI=1S/C36H71NO/c1-3-5-7-9-11-13-15-17-19-20-22-24-26-28-30-32-35-38-36-34-37-33-31-29-27-25-23-21-18-16-14-12-10-8-6-4-2/h14,16-17,19,37H,3-13,15,18,20-36H2,1-2H3/b16-14-,19-17-. The normalized spacial score (nSPS) is 11.9. The molecule has 2 heteroatoms. The predicted octanol–water partition coefficient (Wildman–Crippen LogP) is 11.9. The molecule has 0 aliphatic heterocycles. The van der Waals surface area contributed by atoms with Crippen LogP contribution in [0.3, 0.4) is 0 Å².